The van der Waals surface area contributed by atoms with Gasteiger partial charge < -0.3 is 10.6 Å². The normalized spacial score (nSPS) is 12.2. The summed E-state index contributed by atoms with van der Waals surface area (Å²) in [4.78, 5) is 4.47. The maximum Gasteiger partial charge on any atom is 0.191 e. The lowest BCUT2D eigenvalue weighted by Crippen LogP contribution is -2.37. The van der Waals surface area contributed by atoms with Crippen LogP contribution in [-0.4, -0.2) is 27.2 Å². The summed E-state index contributed by atoms with van der Waals surface area (Å²) in [5, 5.41) is 5.48. The number of sulfone groups is 1. The minimum absolute atomic E-state index is 0.142. The second kappa shape index (κ2) is 9.25. The summed E-state index contributed by atoms with van der Waals surface area (Å²) >= 11 is 0. The molecule has 0 saturated carbocycles. The number of guanidine groups is 1. The Hall–Kier alpha value is -2.62. The van der Waals surface area contributed by atoms with Gasteiger partial charge in [-0.3, -0.25) is 0 Å². The molecule has 0 amide bonds. The van der Waals surface area contributed by atoms with Crippen LogP contribution >= 0.6 is 0 Å². The van der Waals surface area contributed by atoms with Crippen LogP contribution in [0, 0.1) is 30.2 Å². The first-order chi connectivity index (χ1) is 13.5. The van der Waals surface area contributed by atoms with Crippen LogP contribution in [0.1, 0.15) is 23.6 Å². The topological polar surface area (TPSA) is 70.6 Å². The fourth-order valence-corrected chi connectivity index (χ4v) is 3.65. The highest BCUT2D eigenvalue weighted by Crippen LogP contribution is 2.19. The number of aliphatic imine (C=N–C) groups is 1. The number of hydrogen-bond donors (Lipinski definition) is 2. The van der Waals surface area contributed by atoms with Crippen molar-refractivity contribution in [2.75, 3.05) is 12.8 Å². The van der Waals surface area contributed by atoms with Crippen LogP contribution < -0.4 is 10.6 Å². The number of benzene rings is 2. The zero-order chi connectivity index (χ0) is 21.8. The molecule has 0 aliphatic rings. The fourth-order valence-electron chi connectivity index (χ4n) is 2.69. The quantitative estimate of drug-likeness (QED) is 0.319. The Morgan fingerprint density at radius 2 is 1.66 bits per heavy atom. The molecule has 158 valence electrons. The highest BCUT2D eigenvalue weighted by Gasteiger charge is 2.19. The molecule has 5 nitrogen and oxygen atoms in total. The monoisotopic (exact) mass is 431 g/mol. The van der Waals surface area contributed by atoms with Crippen molar-refractivity contribution in [2.45, 2.75) is 31.8 Å². The van der Waals surface area contributed by atoms with Gasteiger partial charge in [-0.1, -0.05) is 12.1 Å². The lowest BCUT2D eigenvalue weighted by Gasteiger charge is -2.13. The molecule has 0 aliphatic heterocycles. The Morgan fingerprint density at radius 1 is 1.03 bits per heavy atom. The predicted molar refractivity (Wildman–Crippen MR) is 102 cm³/mol. The molecule has 0 aliphatic carbocycles. The van der Waals surface area contributed by atoms with E-state index >= 15 is 0 Å². The lowest BCUT2D eigenvalue weighted by atomic mass is 10.1. The predicted octanol–water partition coefficient (Wildman–Crippen LogP) is 3.21. The number of hydrogen-bond acceptors (Lipinski definition) is 3. The summed E-state index contributed by atoms with van der Waals surface area (Å²) in [6.07, 6.45) is 1.12. The summed E-state index contributed by atoms with van der Waals surface area (Å²) in [5.41, 5.74) is 0.500. The Balaban J connectivity index is 2.19. The van der Waals surface area contributed by atoms with Gasteiger partial charge in [-0.05, 0) is 31.0 Å². The second-order valence-corrected chi connectivity index (χ2v) is 8.35. The van der Waals surface area contributed by atoms with Gasteiger partial charge in [0, 0.05) is 31.0 Å². The first-order valence-electron chi connectivity index (χ1n) is 8.68. The van der Waals surface area contributed by atoms with Crippen LogP contribution in [0.15, 0.2) is 34.2 Å². The van der Waals surface area contributed by atoms with E-state index in [4.69, 9.17) is 0 Å². The summed E-state index contributed by atoms with van der Waals surface area (Å²) in [6, 6.07) is 4.91. The third kappa shape index (κ3) is 5.69. The number of nitrogens with zero attached hydrogens (tertiary/aromatic N) is 1. The third-order valence-electron chi connectivity index (χ3n) is 4.04. The van der Waals surface area contributed by atoms with Gasteiger partial charge in [0.2, 0.25) is 0 Å². The first kappa shape index (κ1) is 22.7. The number of rotatable bonds is 6. The van der Waals surface area contributed by atoms with Crippen LogP contribution in [0.4, 0.5) is 17.6 Å². The van der Waals surface area contributed by atoms with Gasteiger partial charge in [-0.25, -0.2) is 31.0 Å². The van der Waals surface area contributed by atoms with Gasteiger partial charge in [0.1, 0.15) is 0 Å². The maximum atomic E-state index is 13.8. The van der Waals surface area contributed by atoms with Crippen LogP contribution in [-0.2, 0) is 22.9 Å². The highest BCUT2D eigenvalue weighted by atomic mass is 32.2. The van der Waals surface area contributed by atoms with Crippen LogP contribution in [0.25, 0.3) is 0 Å². The molecular weight excluding hydrogens is 410 g/mol. The van der Waals surface area contributed by atoms with Crippen molar-refractivity contribution in [3.05, 3.63) is 64.2 Å². The molecule has 0 bridgehead atoms. The largest absolute Gasteiger partial charge is 0.357 e. The van der Waals surface area contributed by atoms with Crippen molar-refractivity contribution in [2.24, 2.45) is 4.99 Å². The highest BCUT2D eigenvalue weighted by molar-refractivity contribution is 7.90. The summed E-state index contributed by atoms with van der Waals surface area (Å²) in [6.45, 7) is 3.48. The summed E-state index contributed by atoms with van der Waals surface area (Å²) < 4.78 is 77.5. The van der Waals surface area contributed by atoms with E-state index in [1.807, 2.05) is 0 Å². The molecule has 2 rings (SSSR count). The average Bonchev–Trinajstić information content (AvgIpc) is 2.63. The Bertz CT molecular complexity index is 1010. The summed E-state index contributed by atoms with van der Waals surface area (Å²) in [7, 11) is -3.34. The van der Waals surface area contributed by atoms with E-state index in [2.05, 4.69) is 15.6 Å². The van der Waals surface area contributed by atoms with Crippen molar-refractivity contribution < 1.29 is 26.0 Å². The summed E-state index contributed by atoms with van der Waals surface area (Å²) in [5.74, 6) is -5.74. The molecule has 2 N–H and O–H groups in total. The van der Waals surface area contributed by atoms with Gasteiger partial charge in [-0.2, -0.15) is 0 Å². The Kier molecular flexibility index (Phi) is 7.23. The molecule has 0 spiro atoms. The number of halogens is 4. The molecule has 2 aromatic rings. The molecule has 0 radical (unpaired) electrons. The zero-order valence-corrected chi connectivity index (χ0v) is 16.9. The maximum absolute atomic E-state index is 13.8. The van der Waals surface area contributed by atoms with Gasteiger partial charge in [-0.15, -0.1) is 0 Å². The molecular formula is C19H21F4N3O2S. The average molecular weight is 431 g/mol. The van der Waals surface area contributed by atoms with E-state index in [-0.39, 0.29) is 23.5 Å². The SMILES string of the molecule is CCNC(=NCc1ccc(S(C)(=O)=O)c(C)c1)NCc1c(F)c(F)cc(F)c1F. The zero-order valence-electron chi connectivity index (χ0n) is 16.1. The van der Waals surface area contributed by atoms with Crippen molar-refractivity contribution >= 4 is 15.8 Å². The molecule has 0 aromatic heterocycles. The fraction of sp³-hybridized carbons (Fsp3) is 0.316. The Labute approximate surface area is 166 Å². The minimum atomic E-state index is -3.34. The molecule has 0 atom stereocenters. The van der Waals surface area contributed by atoms with Crippen LogP contribution in [0.5, 0.6) is 0 Å². The van der Waals surface area contributed by atoms with Gasteiger partial charge >= 0.3 is 0 Å². The smallest absolute Gasteiger partial charge is 0.191 e. The van der Waals surface area contributed by atoms with Gasteiger partial charge in [0.05, 0.1) is 11.4 Å². The van der Waals surface area contributed by atoms with Crippen molar-refractivity contribution in [3.8, 4) is 0 Å². The molecule has 0 unspecified atom stereocenters. The molecule has 0 saturated heterocycles. The van der Waals surface area contributed by atoms with E-state index in [1.54, 1.807) is 26.0 Å². The standard InChI is InChI=1S/C19H21F4N3O2S/c1-4-24-19(26-10-13-17(22)14(20)8-15(21)18(13)23)25-9-12-5-6-16(11(2)7-12)29(3,27)28/h5-8H,4,9-10H2,1-3H3,(H2,24,25,26). The van der Waals surface area contributed by atoms with Crippen molar-refractivity contribution in [1.29, 1.82) is 0 Å². The van der Waals surface area contributed by atoms with E-state index in [9.17, 15) is 26.0 Å². The van der Waals surface area contributed by atoms with Crippen molar-refractivity contribution in [1.82, 2.24) is 10.6 Å². The van der Waals surface area contributed by atoms with Crippen LogP contribution in [0.2, 0.25) is 0 Å². The first-order valence-corrected chi connectivity index (χ1v) is 10.6. The molecule has 0 heterocycles. The van der Waals surface area contributed by atoms with Gasteiger partial charge in [0.15, 0.2) is 39.1 Å². The molecule has 10 heteroatoms. The van der Waals surface area contributed by atoms with E-state index < -0.39 is 45.2 Å². The van der Waals surface area contributed by atoms with Crippen LogP contribution in [0.3, 0.4) is 0 Å². The molecule has 29 heavy (non-hydrogen) atoms. The molecule has 2 aromatic carbocycles. The second-order valence-electron chi connectivity index (χ2n) is 6.37. The van der Waals surface area contributed by atoms with Gasteiger partial charge in [0.25, 0.3) is 0 Å². The minimum Gasteiger partial charge on any atom is -0.357 e. The Morgan fingerprint density at radius 3 is 2.17 bits per heavy atom. The van der Waals surface area contributed by atoms with E-state index in [0.717, 1.165) is 6.26 Å². The van der Waals surface area contributed by atoms with E-state index in [1.165, 1.54) is 6.07 Å². The number of nitrogens with one attached hydrogen (secondary N) is 2. The lowest BCUT2D eigenvalue weighted by molar-refractivity contribution is 0.437. The van der Waals surface area contributed by atoms with E-state index in [0.29, 0.717) is 17.7 Å². The third-order valence-corrected chi connectivity index (χ3v) is 5.30. The van der Waals surface area contributed by atoms with Crippen molar-refractivity contribution in [3.63, 3.8) is 0 Å². The molecule has 0 fully saturated rings. The number of aryl methyl sites for hydroxylation is 1.